The van der Waals surface area contributed by atoms with E-state index in [1.807, 2.05) is 16.9 Å². The fraction of sp³-hybridized carbons (Fsp3) is 0.444. The van der Waals surface area contributed by atoms with Gasteiger partial charge in [0, 0.05) is 35.3 Å². The number of carbonyl (C=O) groups excluding carboxylic acids is 3. The maximum Gasteiger partial charge on any atom is 0.422 e. The van der Waals surface area contributed by atoms with E-state index in [1.165, 1.54) is 0 Å². The molecule has 3 saturated carbocycles. The van der Waals surface area contributed by atoms with Gasteiger partial charge in [-0.25, -0.2) is 13.1 Å². The summed E-state index contributed by atoms with van der Waals surface area (Å²) in [4.78, 5) is 51.2. The molecule has 3 aliphatic carbocycles. The zero-order valence-corrected chi connectivity index (χ0v) is 30.1. The predicted octanol–water partition coefficient (Wildman–Crippen LogP) is 5.78. The van der Waals surface area contributed by atoms with Crippen LogP contribution >= 0.6 is 11.6 Å². The third-order valence-electron chi connectivity index (χ3n) is 9.65. The Hall–Kier alpha value is -4.57. The van der Waals surface area contributed by atoms with E-state index >= 15 is 0 Å². The number of benzene rings is 2. The number of nitrogens with zero attached hydrogens (tertiary/aromatic N) is 3. The minimum Gasteiger partial charge on any atom is -0.454 e. The van der Waals surface area contributed by atoms with Crippen molar-refractivity contribution in [2.24, 2.45) is 11.8 Å². The number of nitrogens with one attached hydrogen (secondary N) is 3. The quantitative estimate of drug-likeness (QED) is 0.107. The molecule has 1 aromatic heterocycles. The summed E-state index contributed by atoms with van der Waals surface area (Å²) < 4.78 is 69.4. The number of hydrogen-bond acceptors (Lipinski definition) is 10. The van der Waals surface area contributed by atoms with E-state index in [-0.39, 0.29) is 48.7 Å². The summed E-state index contributed by atoms with van der Waals surface area (Å²) in [6.07, 6.45) is 0.270. The van der Waals surface area contributed by atoms with Gasteiger partial charge in [-0.05, 0) is 80.0 Å². The number of ketones is 1. The normalized spacial score (nSPS) is 20.2. The molecule has 0 bridgehead atoms. The second kappa shape index (κ2) is 15.0. The van der Waals surface area contributed by atoms with Crippen LogP contribution in [0.1, 0.15) is 85.1 Å². The number of ether oxygens (including phenoxy) is 1. The summed E-state index contributed by atoms with van der Waals surface area (Å²) >= 11 is 6.04. The maximum absolute atomic E-state index is 12.9. The average Bonchev–Trinajstić information content (AvgIpc) is 3.98. The van der Waals surface area contributed by atoms with Crippen LogP contribution in [-0.2, 0) is 31.6 Å². The number of halogens is 4. The van der Waals surface area contributed by atoms with Gasteiger partial charge in [0.2, 0.25) is 11.9 Å². The maximum atomic E-state index is 12.9. The molecule has 0 unspecified atom stereocenters. The molecule has 0 spiro atoms. The first-order valence-electron chi connectivity index (χ1n) is 17.2. The van der Waals surface area contributed by atoms with Crippen molar-refractivity contribution in [1.29, 1.82) is 0 Å². The van der Waals surface area contributed by atoms with Crippen molar-refractivity contribution in [3.8, 4) is 6.01 Å². The lowest BCUT2D eigenvalue weighted by atomic mass is 10.0. The van der Waals surface area contributed by atoms with Crippen LogP contribution in [0.5, 0.6) is 6.01 Å². The monoisotopic (exact) mass is 774 g/mol. The van der Waals surface area contributed by atoms with E-state index in [0.29, 0.717) is 40.8 Å². The van der Waals surface area contributed by atoms with Crippen LogP contribution in [0.15, 0.2) is 60.5 Å². The number of amides is 2. The molecule has 6 rings (SSSR count). The van der Waals surface area contributed by atoms with Crippen LogP contribution in [0, 0.1) is 11.8 Å². The van der Waals surface area contributed by atoms with Gasteiger partial charge in [0.05, 0.1) is 5.54 Å². The summed E-state index contributed by atoms with van der Waals surface area (Å²) in [5, 5.41) is 7.22. The van der Waals surface area contributed by atoms with Crippen molar-refractivity contribution in [3.63, 3.8) is 0 Å². The number of rotatable bonds is 18. The van der Waals surface area contributed by atoms with Crippen LogP contribution in [0.25, 0.3) is 0 Å². The molecule has 3 aromatic rings. The van der Waals surface area contributed by atoms with E-state index < -0.39 is 51.7 Å². The topological polar surface area (TPSA) is 169 Å². The summed E-state index contributed by atoms with van der Waals surface area (Å²) in [7, 11) is -4.00. The van der Waals surface area contributed by atoms with Crippen molar-refractivity contribution in [2.45, 2.75) is 81.5 Å². The van der Waals surface area contributed by atoms with Gasteiger partial charge in [-0.3, -0.25) is 14.4 Å². The van der Waals surface area contributed by atoms with E-state index in [1.54, 1.807) is 36.4 Å². The lowest BCUT2D eigenvalue weighted by molar-refractivity contribution is -0.154. The summed E-state index contributed by atoms with van der Waals surface area (Å²) in [6.45, 7) is 1.63. The minimum atomic E-state index is -4.59. The third kappa shape index (κ3) is 9.90. The van der Waals surface area contributed by atoms with E-state index in [4.69, 9.17) is 16.3 Å². The smallest absolute Gasteiger partial charge is 0.422 e. The Labute approximate surface area is 309 Å². The second-order valence-electron chi connectivity index (χ2n) is 13.8. The highest BCUT2D eigenvalue weighted by Crippen LogP contribution is 2.57. The largest absolute Gasteiger partial charge is 0.454 e. The van der Waals surface area contributed by atoms with Gasteiger partial charge >= 0.3 is 12.2 Å². The zero-order chi connectivity index (χ0) is 38.0. The first-order valence-corrected chi connectivity index (χ1v) is 19.1. The van der Waals surface area contributed by atoms with E-state index in [2.05, 4.69) is 32.2 Å². The summed E-state index contributed by atoms with van der Waals surface area (Å²) in [5.74, 6) is -0.899. The van der Waals surface area contributed by atoms with Crippen molar-refractivity contribution in [3.05, 3.63) is 88.1 Å². The molecule has 1 heterocycles. The fourth-order valence-corrected chi connectivity index (χ4v) is 7.08. The third-order valence-corrected chi connectivity index (χ3v) is 10.8. The molecule has 3 aliphatic rings. The predicted molar refractivity (Wildman–Crippen MR) is 188 cm³/mol. The number of Topliss-reactive ketones (excluding diaryl/α,β-unsaturated/α-hetero) is 1. The molecule has 0 saturated heterocycles. The molecule has 2 atom stereocenters. The Balaban J connectivity index is 1.02. The average molecular weight is 775 g/mol. The highest BCUT2D eigenvalue weighted by atomic mass is 35.5. The van der Waals surface area contributed by atoms with Crippen LogP contribution in [0.4, 0.5) is 19.1 Å². The number of alkyl halides is 3. The molecule has 282 valence electrons. The van der Waals surface area contributed by atoms with Crippen LogP contribution < -0.4 is 20.1 Å². The first-order chi connectivity index (χ1) is 25.1. The van der Waals surface area contributed by atoms with Crippen molar-refractivity contribution < 1.29 is 40.7 Å². The number of aromatic nitrogens is 3. The van der Waals surface area contributed by atoms with Gasteiger partial charge in [0.15, 0.2) is 12.4 Å². The molecule has 12 nitrogen and oxygen atoms in total. The highest BCUT2D eigenvalue weighted by Gasteiger charge is 2.66. The molecule has 53 heavy (non-hydrogen) atoms. The van der Waals surface area contributed by atoms with Crippen molar-refractivity contribution in [1.82, 2.24) is 25.0 Å². The molecule has 3 fully saturated rings. The number of sulfonamides is 1. The van der Waals surface area contributed by atoms with Crippen LogP contribution in [0.3, 0.4) is 0 Å². The number of anilines is 1. The summed E-state index contributed by atoms with van der Waals surface area (Å²) in [6, 6.07) is 13.4. The molecular weight excluding hydrogens is 737 g/mol. The SMILES string of the molecule is C=CS(=O)(=O)NC(=O)[C@@]1(NC(=O)CCCCC(=O)c2ccc(Cc3nc(NC4(c5ccc(Cl)cc5)CC4)nc(OCC(F)(F)F)n3)cc2)C[C@H]1C1CC1. The molecule has 17 heteroatoms. The lowest BCUT2D eigenvalue weighted by Gasteiger charge is -2.19. The Morgan fingerprint density at radius 3 is 2.28 bits per heavy atom. The molecule has 0 radical (unpaired) electrons. The van der Waals surface area contributed by atoms with Gasteiger partial charge < -0.3 is 15.4 Å². The molecule has 0 aliphatic heterocycles. The van der Waals surface area contributed by atoms with Gasteiger partial charge in [-0.15, -0.1) is 0 Å². The first kappa shape index (κ1) is 38.2. The van der Waals surface area contributed by atoms with Gasteiger partial charge in [0.1, 0.15) is 11.4 Å². The molecule has 3 N–H and O–H groups in total. The van der Waals surface area contributed by atoms with E-state index in [0.717, 1.165) is 31.2 Å². The Morgan fingerprint density at radius 2 is 1.66 bits per heavy atom. The molecule has 2 aromatic carbocycles. The fourth-order valence-electron chi connectivity index (χ4n) is 6.43. The number of unbranched alkanes of at least 4 members (excludes halogenated alkanes) is 1. The van der Waals surface area contributed by atoms with Crippen LogP contribution in [0.2, 0.25) is 5.02 Å². The van der Waals surface area contributed by atoms with Crippen LogP contribution in [-0.4, -0.2) is 59.3 Å². The minimum absolute atomic E-state index is 0.0606. The van der Waals surface area contributed by atoms with Gasteiger partial charge in [-0.2, -0.15) is 28.1 Å². The number of carbonyl (C=O) groups is 3. The Morgan fingerprint density at radius 1 is 0.981 bits per heavy atom. The molecular formula is C36H38ClF3N6O6S. The molecule has 2 amide bonds. The van der Waals surface area contributed by atoms with Gasteiger partial charge in [0.25, 0.3) is 15.9 Å². The Kier molecular flexibility index (Phi) is 10.8. The van der Waals surface area contributed by atoms with Gasteiger partial charge in [-0.1, -0.05) is 54.6 Å². The lowest BCUT2D eigenvalue weighted by Crippen LogP contribution is -2.51. The van der Waals surface area contributed by atoms with Crippen molar-refractivity contribution >= 4 is 45.2 Å². The Bertz CT molecular complexity index is 1990. The second-order valence-corrected chi connectivity index (χ2v) is 15.9. The standard InChI is InChI=1S/C36H38ClF3N6O6S/c1-2-53(50,51)46-31(49)35(20-27(35)23-11-12-23)44-30(48)6-4-3-5-28(47)24-9-7-22(8-10-24)19-29-41-32(43-33(42-29)52-21-36(38,39)40)45-34(17-18-34)25-13-15-26(37)16-14-25/h2,7-10,13-16,23,27H,1,3-6,11-12,17-21H2,(H,44,48)(H,46,49)(H,41,42,43,45)/t27-,35+/m0/s1. The van der Waals surface area contributed by atoms with Crippen molar-refractivity contribution in [2.75, 3.05) is 11.9 Å². The zero-order valence-electron chi connectivity index (χ0n) is 28.5. The highest BCUT2D eigenvalue weighted by molar-refractivity contribution is 7.92. The number of hydrogen-bond donors (Lipinski definition) is 3. The van der Waals surface area contributed by atoms with E-state index in [9.17, 15) is 36.0 Å². The summed E-state index contributed by atoms with van der Waals surface area (Å²) in [5.41, 5.74) is 0.317.